The third-order valence-corrected chi connectivity index (χ3v) is 3.01. The van der Waals surface area contributed by atoms with E-state index in [2.05, 4.69) is 9.47 Å². The molecule has 0 aromatic heterocycles. The van der Waals surface area contributed by atoms with Crippen molar-refractivity contribution in [3.05, 3.63) is 35.4 Å². The molecule has 0 spiro atoms. The van der Waals surface area contributed by atoms with Crippen molar-refractivity contribution in [1.82, 2.24) is 0 Å². The summed E-state index contributed by atoms with van der Waals surface area (Å²) in [6, 6.07) is 7.69. The number of hydrogen-bond acceptors (Lipinski definition) is 4. The Labute approximate surface area is 107 Å². The van der Waals surface area contributed by atoms with Gasteiger partial charge in [0, 0.05) is 5.92 Å². The van der Waals surface area contributed by atoms with Crippen LogP contribution >= 0.6 is 0 Å². The fraction of sp³-hybridized carbons (Fsp3) is 0.429. The molecular weight excluding hydrogens is 232 g/mol. The van der Waals surface area contributed by atoms with Gasteiger partial charge in [-0.15, -0.1) is 0 Å². The lowest BCUT2D eigenvalue weighted by Crippen LogP contribution is -2.31. The number of hydrogen-bond donors (Lipinski definition) is 0. The van der Waals surface area contributed by atoms with Crippen LogP contribution in [-0.4, -0.2) is 26.2 Å². The first kappa shape index (κ1) is 14.2. The van der Waals surface area contributed by atoms with Crippen molar-refractivity contribution in [2.45, 2.75) is 19.8 Å². The molecule has 0 aliphatic heterocycles. The van der Waals surface area contributed by atoms with Gasteiger partial charge in [-0.2, -0.15) is 0 Å². The number of carbonyl (C=O) groups is 2. The summed E-state index contributed by atoms with van der Waals surface area (Å²) in [6.45, 7) is 3.79. The molecule has 0 heterocycles. The lowest BCUT2D eigenvalue weighted by Gasteiger charge is -2.20. The Bertz CT molecular complexity index is 406. The SMILES string of the molecule is COC(=O)C(C(=O)OC)C(C)c1ccc(C)cc1. The summed E-state index contributed by atoms with van der Waals surface area (Å²) in [5, 5.41) is 0. The van der Waals surface area contributed by atoms with Crippen LogP contribution in [0.3, 0.4) is 0 Å². The zero-order valence-corrected chi connectivity index (χ0v) is 11.1. The molecular formula is C14H18O4. The largest absolute Gasteiger partial charge is 0.468 e. The standard InChI is InChI=1S/C14H18O4/c1-9-5-7-11(8-6-9)10(2)12(13(15)17-3)14(16)18-4/h5-8,10,12H,1-4H3. The maximum absolute atomic E-state index is 11.7. The molecule has 4 nitrogen and oxygen atoms in total. The molecule has 0 amide bonds. The fourth-order valence-electron chi connectivity index (χ4n) is 1.82. The van der Waals surface area contributed by atoms with Gasteiger partial charge in [0.15, 0.2) is 5.92 Å². The summed E-state index contributed by atoms with van der Waals surface area (Å²) in [7, 11) is 2.53. The average Bonchev–Trinajstić information content (AvgIpc) is 2.39. The molecule has 1 unspecified atom stereocenters. The number of aryl methyl sites for hydroxylation is 1. The van der Waals surface area contributed by atoms with E-state index < -0.39 is 17.9 Å². The van der Waals surface area contributed by atoms with Crippen LogP contribution in [0.2, 0.25) is 0 Å². The van der Waals surface area contributed by atoms with Crippen LogP contribution in [0, 0.1) is 12.8 Å². The summed E-state index contributed by atoms with van der Waals surface area (Å²) in [6.07, 6.45) is 0. The number of carbonyl (C=O) groups excluding carboxylic acids is 2. The summed E-state index contributed by atoms with van der Waals surface area (Å²) in [4.78, 5) is 23.3. The molecule has 0 aliphatic carbocycles. The highest BCUT2D eigenvalue weighted by Crippen LogP contribution is 2.26. The van der Waals surface area contributed by atoms with Gasteiger partial charge in [0.1, 0.15) is 0 Å². The topological polar surface area (TPSA) is 52.6 Å². The van der Waals surface area contributed by atoms with E-state index in [0.717, 1.165) is 11.1 Å². The Morgan fingerprint density at radius 2 is 1.44 bits per heavy atom. The summed E-state index contributed by atoms with van der Waals surface area (Å²) >= 11 is 0. The highest BCUT2D eigenvalue weighted by Gasteiger charge is 2.35. The van der Waals surface area contributed by atoms with Crippen molar-refractivity contribution in [3.63, 3.8) is 0 Å². The summed E-state index contributed by atoms with van der Waals surface area (Å²) in [5.41, 5.74) is 2.03. The number of esters is 2. The summed E-state index contributed by atoms with van der Waals surface area (Å²) < 4.78 is 9.32. The van der Waals surface area contributed by atoms with Gasteiger partial charge in [-0.25, -0.2) is 0 Å². The van der Waals surface area contributed by atoms with Crippen LogP contribution in [0.5, 0.6) is 0 Å². The maximum atomic E-state index is 11.7. The minimum absolute atomic E-state index is 0.287. The zero-order valence-electron chi connectivity index (χ0n) is 11.1. The molecule has 0 saturated carbocycles. The van der Waals surface area contributed by atoms with E-state index in [1.807, 2.05) is 38.1 Å². The average molecular weight is 250 g/mol. The van der Waals surface area contributed by atoms with Crippen LogP contribution in [0.25, 0.3) is 0 Å². The Balaban J connectivity index is 3.02. The Kier molecular flexibility index (Phi) is 4.89. The van der Waals surface area contributed by atoms with Gasteiger partial charge in [0.2, 0.25) is 0 Å². The quantitative estimate of drug-likeness (QED) is 0.606. The molecule has 1 rings (SSSR count). The Hall–Kier alpha value is -1.84. The van der Waals surface area contributed by atoms with E-state index in [4.69, 9.17) is 0 Å². The fourth-order valence-corrected chi connectivity index (χ4v) is 1.82. The second-order valence-corrected chi connectivity index (χ2v) is 4.22. The van der Waals surface area contributed by atoms with Crippen molar-refractivity contribution in [2.24, 2.45) is 5.92 Å². The predicted octanol–water partition coefficient (Wildman–Crippen LogP) is 2.06. The van der Waals surface area contributed by atoms with E-state index in [0.29, 0.717) is 0 Å². The molecule has 0 fully saturated rings. The normalized spacial score (nSPS) is 12.1. The van der Waals surface area contributed by atoms with Gasteiger partial charge in [0.25, 0.3) is 0 Å². The van der Waals surface area contributed by atoms with E-state index >= 15 is 0 Å². The third-order valence-electron chi connectivity index (χ3n) is 3.01. The lowest BCUT2D eigenvalue weighted by atomic mass is 9.87. The first-order chi connectivity index (χ1) is 8.51. The molecule has 0 saturated heterocycles. The number of benzene rings is 1. The third kappa shape index (κ3) is 3.09. The van der Waals surface area contributed by atoms with E-state index in [1.54, 1.807) is 0 Å². The zero-order chi connectivity index (χ0) is 13.7. The van der Waals surface area contributed by atoms with Gasteiger partial charge in [-0.1, -0.05) is 36.8 Å². The number of ether oxygens (including phenoxy) is 2. The van der Waals surface area contributed by atoms with Gasteiger partial charge in [0.05, 0.1) is 14.2 Å². The van der Waals surface area contributed by atoms with E-state index in [1.165, 1.54) is 14.2 Å². The molecule has 0 radical (unpaired) electrons. The molecule has 0 bridgehead atoms. The molecule has 4 heteroatoms. The predicted molar refractivity (Wildman–Crippen MR) is 67.1 cm³/mol. The second-order valence-electron chi connectivity index (χ2n) is 4.22. The molecule has 1 aromatic carbocycles. The van der Waals surface area contributed by atoms with Crippen LogP contribution in [-0.2, 0) is 19.1 Å². The first-order valence-corrected chi connectivity index (χ1v) is 5.73. The van der Waals surface area contributed by atoms with Crippen LogP contribution < -0.4 is 0 Å². The maximum Gasteiger partial charge on any atom is 0.320 e. The minimum Gasteiger partial charge on any atom is -0.468 e. The van der Waals surface area contributed by atoms with Crippen LogP contribution in [0.1, 0.15) is 24.0 Å². The number of methoxy groups -OCH3 is 2. The van der Waals surface area contributed by atoms with Crippen molar-refractivity contribution >= 4 is 11.9 Å². The van der Waals surface area contributed by atoms with Gasteiger partial charge in [-0.3, -0.25) is 9.59 Å². The first-order valence-electron chi connectivity index (χ1n) is 5.73. The van der Waals surface area contributed by atoms with Crippen molar-refractivity contribution in [3.8, 4) is 0 Å². The molecule has 0 aliphatic rings. The highest BCUT2D eigenvalue weighted by molar-refractivity contribution is 5.95. The monoisotopic (exact) mass is 250 g/mol. The number of rotatable bonds is 4. The van der Waals surface area contributed by atoms with Crippen molar-refractivity contribution in [1.29, 1.82) is 0 Å². The van der Waals surface area contributed by atoms with Gasteiger partial charge in [-0.05, 0) is 12.5 Å². The molecule has 1 aromatic rings. The Morgan fingerprint density at radius 1 is 1.00 bits per heavy atom. The van der Waals surface area contributed by atoms with Crippen molar-refractivity contribution < 1.29 is 19.1 Å². The van der Waals surface area contributed by atoms with E-state index in [-0.39, 0.29) is 5.92 Å². The summed E-state index contributed by atoms with van der Waals surface area (Å²) in [5.74, 6) is -2.36. The van der Waals surface area contributed by atoms with Crippen LogP contribution in [0.15, 0.2) is 24.3 Å². The lowest BCUT2D eigenvalue weighted by molar-refractivity contribution is -0.159. The molecule has 1 atom stereocenters. The minimum atomic E-state index is -0.928. The van der Waals surface area contributed by atoms with Crippen molar-refractivity contribution in [2.75, 3.05) is 14.2 Å². The molecule has 18 heavy (non-hydrogen) atoms. The van der Waals surface area contributed by atoms with Crippen LogP contribution in [0.4, 0.5) is 0 Å². The second kappa shape index (κ2) is 6.19. The van der Waals surface area contributed by atoms with Gasteiger partial charge < -0.3 is 9.47 Å². The van der Waals surface area contributed by atoms with Gasteiger partial charge >= 0.3 is 11.9 Å². The molecule has 98 valence electrons. The Morgan fingerprint density at radius 3 is 1.83 bits per heavy atom. The highest BCUT2D eigenvalue weighted by atomic mass is 16.5. The molecule has 0 N–H and O–H groups in total. The van der Waals surface area contributed by atoms with E-state index in [9.17, 15) is 9.59 Å². The smallest absolute Gasteiger partial charge is 0.320 e.